The van der Waals surface area contributed by atoms with Gasteiger partial charge in [0.25, 0.3) is 0 Å². The molecule has 1 N–H and O–H groups in total. The number of rotatable bonds is 3. The van der Waals surface area contributed by atoms with Crippen LogP contribution in [-0.2, 0) is 18.7 Å². The lowest BCUT2D eigenvalue weighted by Gasteiger charge is -2.09. The smallest absolute Gasteiger partial charge is 0.124 e. The Morgan fingerprint density at radius 2 is 2.39 bits per heavy atom. The molecule has 0 aliphatic carbocycles. The maximum atomic E-state index is 13.0. The molecule has 1 aliphatic heterocycles. The van der Waals surface area contributed by atoms with E-state index in [4.69, 9.17) is 0 Å². The maximum absolute atomic E-state index is 13.0. The fourth-order valence-corrected chi connectivity index (χ4v) is 3.96. The number of nitrogens with one attached hydrogen (secondary N) is 1. The minimum Gasteiger partial charge on any atom is -0.311 e. The Labute approximate surface area is 114 Å². The maximum Gasteiger partial charge on any atom is 0.124 e. The molecule has 0 radical (unpaired) electrons. The Kier molecular flexibility index (Phi) is 3.63. The van der Waals surface area contributed by atoms with Crippen LogP contribution < -0.4 is 5.32 Å². The van der Waals surface area contributed by atoms with E-state index in [1.165, 1.54) is 16.6 Å². The van der Waals surface area contributed by atoms with E-state index >= 15 is 0 Å². The molecule has 0 bridgehead atoms. The van der Waals surface area contributed by atoms with Crippen LogP contribution in [0.2, 0.25) is 0 Å². The molecule has 2 heterocycles. The lowest BCUT2D eigenvalue weighted by atomic mass is 10.2. The average molecular weight is 280 g/mol. The lowest BCUT2D eigenvalue weighted by molar-refractivity contribution is 0.624. The lowest BCUT2D eigenvalue weighted by Crippen LogP contribution is -2.22. The third kappa shape index (κ3) is 2.74. The Balaban J connectivity index is 1.68. The van der Waals surface area contributed by atoms with Gasteiger partial charge >= 0.3 is 0 Å². The van der Waals surface area contributed by atoms with Gasteiger partial charge < -0.3 is 5.32 Å². The highest BCUT2D eigenvalue weighted by Gasteiger charge is 2.14. The molecule has 1 aliphatic rings. The normalized spacial score (nSPS) is 14.5. The van der Waals surface area contributed by atoms with E-state index in [-0.39, 0.29) is 5.82 Å². The first-order chi connectivity index (χ1) is 8.81. The zero-order chi connectivity index (χ0) is 12.4. The molecule has 2 nitrogen and oxygen atoms in total. The molecule has 1 aromatic carbocycles. The molecule has 0 amide bonds. The van der Waals surface area contributed by atoms with Gasteiger partial charge in [-0.1, -0.05) is 6.07 Å². The molecule has 3 rings (SSSR count). The standard InChI is InChI=1S/C13H13FN2S2/c14-9-2-1-3-10(6-9)17-8-13-16-11-4-5-15-7-12(11)18-13/h1-3,6,15H,4-5,7-8H2. The number of thiazole rings is 1. The Morgan fingerprint density at radius 1 is 1.44 bits per heavy atom. The van der Waals surface area contributed by atoms with E-state index in [0.29, 0.717) is 0 Å². The number of fused-ring (bicyclic) bond motifs is 1. The van der Waals surface area contributed by atoms with E-state index in [9.17, 15) is 4.39 Å². The van der Waals surface area contributed by atoms with Gasteiger partial charge in [-0.3, -0.25) is 0 Å². The van der Waals surface area contributed by atoms with E-state index in [0.717, 1.165) is 35.2 Å². The Bertz CT molecular complexity index is 530. The van der Waals surface area contributed by atoms with Crippen molar-refractivity contribution in [1.82, 2.24) is 10.3 Å². The number of aromatic nitrogens is 1. The summed E-state index contributed by atoms with van der Waals surface area (Å²) in [5.41, 5.74) is 1.24. The summed E-state index contributed by atoms with van der Waals surface area (Å²) in [5, 5.41) is 4.49. The van der Waals surface area contributed by atoms with Crippen LogP contribution in [0.4, 0.5) is 4.39 Å². The van der Waals surface area contributed by atoms with Crippen molar-refractivity contribution >= 4 is 23.1 Å². The topological polar surface area (TPSA) is 24.9 Å². The van der Waals surface area contributed by atoms with Crippen LogP contribution in [0.5, 0.6) is 0 Å². The quantitative estimate of drug-likeness (QED) is 0.874. The summed E-state index contributed by atoms with van der Waals surface area (Å²) in [6.07, 6.45) is 1.02. The predicted octanol–water partition coefficient (Wildman–Crippen LogP) is 3.22. The van der Waals surface area contributed by atoms with Gasteiger partial charge in [-0.05, 0) is 18.2 Å². The molecule has 1 aromatic heterocycles. The SMILES string of the molecule is Fc1cccc(SCc2nc3c(s2)CNCC3)c1. The number of thioether (sulfide) groups is 1. The van der Waals surface area contributed by atoms with Gasteiger partial charge in [0, 0.05) is 29.3 Å². The molecule has 0 spiro atoms. The van der Waals surface area contributed by atoms with Gasteiger partial charge in [0.05, 0.1) is 11.4 Å². The fourth-order valence-electron chi connectivity index (χ4n) is 1.94. The van der Waals surface area contributed by atoms with Crippen LogP contribution in [0, 0.1) is 5.82 Å². The molecular weight excluding hydrogens is 267 g/mol. The highest BCUT2D eigenvalue weighted by atomic mass is 32.2. The van der Waals surface area contributed by atoms with Crippen LogP contribution in [0.25, 0.3) is 0 Å². The van der Waals surface area contributed by atoms with Crippen molar-refractivity contribution in [1.29, 1.82) is 0 Å². The summed E-state index contributed by atoms with van der Waals surface area (Å²) in [6, 6.07) is 6.72. The number of benzene rings is 1. The molecule has 94 valence electrons. The third-order valence-corrected chi connectivity index (χ3v) is 5.09. The van der Waals surface area contributed by atoms with Crippen LogP contribution in [0.3, 0.4) is 0 Å². The monoisotopic (exact) mass is 280 g/mol. The predicted molar refractivity (Wildman–Crippen MR) is 73.5 cm³/mol. The van der Waals surface area contributed by atoms with Gasteiger partial charge in [-0.2, -0.15) is 0 Å². The minimum atomic E-state index is -0.178. The van der Waals surface area contributed by atoms with Crippen LogP contribution in [0.1, 0.15) is 15.6 Å². The summed E-state index contributed by atoms with van der Waals surface area (Å²) in [4.78, 5) is 6.97. The van der Waals surface area contributed by atoms with E-state index in [1.54, 1.807) is 35.2 Å². The van der Waals surface area contributed by atoms with Crippen molar-refractivity contribution in [3.8, 4) is 0 Å². The second-order valence-electron chi connectivity index (χ2n) is 4.15. The van der Waals surface area contributed by atoms with Crippen molar-refractivity contribution in [2.24, 2.45) is 0 Å². The van der Waals surface area contributed by atoms with E-state index < -0.39 is 0 Å². The molecule has 0 fully saturated rings. The summed E-state index contributed by atoms with van der Waals surface area (Å²) in [7, 11) is 0. The third-order valence-electron chi connectivity index (χ3n) is 2.81. The molecular formula is C13H13FN2S2. The highest BCUT2D eigenvalue weighted by molar-refractivity contribution is 7.98. The van der Waals surface area contributed by atoms with Crippen LogP contribution in [0.15, 0.2) is 29.2 Å². The fraction of sp³-hybridized carbons (Fsp3) is 0.308. The number of hydrogen-bond acceptors (Lipinski definition) is 4. The van der Waals surface area contributed by atoms with Crippen molar-refractivity contribution in [3.05, 3.63) is 45.7 Å². The molecule has 2 aromatic rings. The van der Waals surface area contributed by atoms with E-state index in [2.05, 4.69) is 10.3 Å². The Morgan fingerprint density at radius 3 is 3.22 bits per heavy atom. The van der Waals surface area contributed by atoms with E-state index in [1.807, 2.05) is 6.07 Å². The Hall–Kier alpha value is -0.910. The van der Waals surface area contributed by atoms with Crippen molar-refractivity contribution in [3.63, 3.8) is 0 Å². The van der Waals surface area contributed by atoms with Crippen molar-refractivity contribution < 1.29 is 4.39 Å². The van der Waals surface area contributed by atoms with Crippen molar-refractivity contribution in [2.75, 3.05) is 6.54 Å². The zero-order valence-corrected chi connectivity index (χ0v) is 11.4. The largest absolute Gasteiger partial charge is 0.311 e. The summed E-state index contributed by atoms with van der Waals surface area (Å²) in [6.45, 7) is 1.96. The van der Waals surface area contributed by atoms with Crippen LogP contribution in [-0.4, -0.2) is 11.5 Å². The van der Waals surface area contributed by atoms with Gasteiger partial charge in [-0.15, -0.1) is 23.1 Å². The molecule has 0 saturated carbocycles. The van der Waals surface area contributed by atoms with Gasteiger partial charge in [0.1, 0.15) is 10.8 Å². The molecule has 0 saturated heterocycles. The first-order valence-corrected chi connectivity index (χ1v) is 7.68. The first kappa shape index (κ1) is 12.1. The molecule has 0 unspecified atom stereocenters. The van der Waals surface area contributed by atoms with Gasteiger partial charge in [0.2, 0.25) is 0 Å². The second-order valence-corrected chi connectivity index (χ2v) is 6.37. The molecule has 5 heteroatoms. The summed E-state index contributed by atoms with van der Waals surface area (Å²) >= 11 is 3.41. The number of hydrogen-bond donors (Lipinski definition) is 1. The second kappa shape index (κ2) is 5.38. The van der Waals surface area contributed by atoms with Crippen molar-refractivity contribution in [2.45, 2.75) is 23.6 Å². The van der Waals surface area contributed by atoms with Gasteiger partial charge in [0.15, 0.2) is 0 Å². The minimum absolute atomic E-state index is 0.178. The number of halogens is 1. The molecule has 0 atom stereocenters. The average Bonchev–Trinajstić information content (AvgIpc) is 2.79. The highest BCUT2D eigenvalue weighted by Crippen LogP contribution is 2.28. The summed E-state index contributed by atoms with van der Waals surface area (Å²) in [5.74, 6) is 0.642. The number of nitrogens with zero attached hydrogens (tertiary/aromatic N) is 1. The first-order valence-electron chi connectivity index (χ1n) is 5.88. The molecule has 18 heavy (non-hydrogen) atoms. The van der Waals surface area contributed by atoms with Crippen LogP contribution >= 0.6 is 23.1 Å². The van der Waals surface area contributed by atoms with Gasteiger partial charge in [-0.25, -0.2) is 9.37 Å². The zero-order valence-electron chi connectivity index (χ0n) is 9.78. The summed E-state index contributed by atoms with van der Waals surface area (Å²) < 4.78 is 13.0.